The summed E-state index contributed by atoms with van der Waals surface area (Å²) in [5.74, 6) is 1.54. The van der Waals surface area contributed by atoms with Crippen LogP contribution in [0, 0.1) is 17.3 Å². The SMILES string of the molecule is CC1CCC(NC(=O)C2(C(N)=S)CCCC2)CC1C. The zero-order valence-electron chi connectivity index (χ0n) is 12.1. The topological polar surface area (TPSA) is 55.1 Å². The summed E-state index contributed by atoms with van der Waals surface area (Å²) >= 11 is 5.17. The summed E-state index contributed by atoms with van der Waals surface area (Å²) in [6.45, 7) is 4.58. The molecule has 2 aliphatic carbocycles. The number of nitrogens with two attached hydrogens (primary N) is 1. The van der Waals surface area contributed by atoms with Gasteiger partial charge in [-0.3, -0.25) is 4.79 Å². The smallest absolute Gasteiger partial charge is 0.233 e. The van der Waals surface area contributed by atoms with Crippen LogP contribution in [-0.2, 0) is 4.79 Å². The molecule has 0 aliphatic heterocycles. The van der Waals surface area contributed by atoms with Gasteiger partial charge in [0.1, 0.15) is 0 Å². The van der Waals surface area contributed by atoms with Crippen molar-refractivity contribution in [1.29, 1.82) is 0 Å². The van der Waals surface area contributed by atoms with Crippen LogP contribution >= 0.6 is 12.2 Å². The third-order valence-corrected chi connectivity index (χ3v) is 5.69. The van der Waals surface area contributed by atoms with Crippen molar-refractivity contribution in [2.24, 2.45) is 23.0 Å². The Morgan fingerprint density at radius 2 is 1.84 bits per heavy atom. The van der Waals surface area contributed by atoms with Gasteiger partial charge in [-0.1, -0.05) is 38.9 Å². The highest BCUT2D eigenvalue weighted by atomic mass is 32.1. The molecular weight excluding hydrogens is 256 g/mol. The average molecular weight is 282 g/mol. The largest absolute Gasteiger partial charge is 0.392 e. The Morgan fingerprint density at radius 3 is 2.37 bits per heavy atom. The van der Waals surface area contributed by atoms with E-state index in [-0.39, 0.29) is 5.91 Å². The van der Waals surface area contributed by atoms with E-state index in [1.165, 1.54) is 6.42 Å². The number of carbonyl (C=O) groups is 1. The lowest BCUT2D eigenvalue weighted by Gasteiger charge is -2.35. The van der Waals surface area contributed by atoms with Gasteiger partial charge >= 0.3 is 0 Å². The summed E-state index contributed by atoms with van der Waals surface area (Å²) in [5.41, 5.74) is 5.30. The van der Waals surface area contributed by atoms with E-state index < -0.39 is 5.41 Å². The molecule has 0 aromatic rings. The van der Waals surface area contributed by atoms with Gasteiger partial charge in [0.05, 0.1) is 10.4 Å². The molecule has 2 aliphatic rings. The number of nitrogens with one attached hydrogen (secondary N) is 1. The Morgan fingerprint density at radius 1 is 1.21 bits per heavy atom. The Balaban J connectivity index is 1.98. The summed E-state index contributed by atoms with van der Waals surface area (Å²) < 4.78 is 0. The molecule has 0 aromatic carbocycles. The molecule has 3 atom stereocenters. The Bertz CT molecular complexity index is 363. The van der Waals surface area contributed by atoms with E-state index >= 15 is 0 Å². The normalized spacial score (nSPS) is 33.9. The van der Waals surface area contributed by atoms with Crippen LogP contribution in [0.1, 0.15) is 58.8 Å². The minimum atomic E-state index is -0.554. The Hall–Kier alpha value is -0.640. The molecule has 2 saturated carbocycles. The maximum absolute atomic E-state index is 12.6. The highest BCUT2D eigenvalue weighted by Gasteiger charge is 2.44. The average Bonchev–Trinajstić information content (AvgIpc) is 2.84. The molecule has 2 rings (SSSR count). The summed E-state index contributed by atoms with van der Waals surface area (Å²) in [6.07, 6.45) is 7.14. The first-order valence-corrected chi connectivity index (χ1v) is 7.97. The molecule has 4 heteroatoms. The molecular formula is C15H26N2OS. The van der Waals surface area contributed by atoms with Gasteiger partial charge in [-0.2, -0.15) is 0 Å². The van der Waals surface area contributed by atoms with E-state index in [4.69, 9.17) is 18.0 Å². The van der Waals surface area contributed by atoms with E-state index in [1.807, 2.05) is 0 Å². The van der Waals surface area contributed by atoms with E-state index in [2.05, 4.69) is 19.2 Å². The monoisotopic (exact) mass is 282 g/mol. The van der Waals surface area contributed by atoms with Gasteiger partial charge in [0, 0.05) is 6.04 Å². The first kappa shape index (κ1) is 14.8. The third kappa shape index (κ3) is 2.93. The first-order valence-electron chi connectivity index (χ1n) is 7.56. The van der Waals surface area contributed by atoms with Crippen LogP contribution in [0.3, 0.4) is 0 Å². The molecule has 3 N–H and O–H groups in total. The molecule has 2 fully saturated rings. The highest BCUT2D eigenvalue weighted by Crippen LogP contribution is 2.39. The predicted molar refractivity (Wildman–Crippen MR) is 81.8 cm³/mol. The fourth-order valence-electron chi connectivity index (χ4n) is 3.57. The maximum Gasteiger partial charge on any atom is 0.233 e. The van der Waals surface area contributed by atoms with Crippen LogP contribution in [-0.4, -0.2) is 16.9 Å². The van der Waals surface area contributed by atoms with Gasteiger partial charge in [0.2, 0.25) is 5.91 Å². The lowest BCUT2D eigenvalue weighted by atomic mass is 9.78. The molecule has 108 valence electrons. The molecule has 3 nitrogen and oxygen atoms in total. The second-order valence-electron chi connectivity index (χ2n) is 6.59. The molecule has 0 radical (unpaired) electrons. The lowest BCUT2D eigenvalue weighted by Crippen LogP contribution is -2.51. The standard InChI is InChI=1S/C15H26N2OS/c1-10-5-6-12(9-11(10)2)17-14(18)15(13(16)19)7-3-4-8-15/h10-12H,3-9H2,1-2H3,(H2,16,19)(H,17,18). The Labute approximate surface area is 121 Å². The van der Waals surface area contributed by atoms with Crippen molar-refractivity contribution in [3.8, 4) is 0 Å². The van der Waals surface area contributed by atoms with Gasteiger partial charge < -0.3 is 11.1 Å². The fraction of sp³-hybridized carbons (Fsp3) is 0.867. The van der Waals surface area contributed by atoms with E-state index in [9.17, 15) is 4.79 Å². The van der Waals surface area contributed by atoms with Crippen molar-refractivity contribution in [3.05, 3.63) is 0 Å². The van der Waals surface area contributed by atoms with Crippen molar-refractivity contribution in [2.45, 2.75) is 64.8 Å². The van der Waals surface area contributed by atoms with Crippen LogP contribution in [0.25, 0.3) is 0 Å². The second-order valence-corrected chi connectivity index (χ2v) is 7.03. The molecule has 19 heavy (non-hydrogen) atoms. The summed E-state index contributed by atoms with van der Waals surface area (Å²) in [5, 5.41) is 3.23. The number of carbonyl (C=O) groups excluding carboxylic acids is 1. The Kier molecular flexibility index (Phi) is 4.49. The van der Waals surface area contributed by atoms with Gasteiger partial charge in [-0.25, -0.2) is 0 Å². The molecule has 3 unspecified atom stereocenters. The summed E-state index contributed by atoms with van der Waals surface area (Å²) in [7, 11) is 0. The highest BCUT2D eigenvalue weighted by molar-refractivity contribution is 7.80. The minimum Gasteiger partial charge on any atom is -0.392 e. The van der Waals surface area contributed by atoms with E-state index in [1.54, 1.807) is 0 Å². The maximum atomic E-state index is 12.6. The van der Waals surface area contributed by atoms with Gasteiger partial charge in [0.15, 0.2) is 0 Å². The predicted octanol–water partition coefficient (Wildman–Crippen LogP) is 2.77. The number of thiocarbonyl (C=S) groups is 1. The van der Waals surface area contributed by atoms with Crippen LogP contribution in [0.15, 0.2) is 0 Å². The zero-order valence-corrected chi connectivity index (χ0v) is 12.9. The van der Waals surface area contributed by atoms with Crippen molar-refractivity contribution in [3.63, 3.8) is 0 Å². The van der Waals surface area contributed by atoms with Crippen molar-refractivity contribution in [2.75, 3.05) is 0 Å². The number of amides is 1. The first-order chi connectivity index (χ1) is 8.95. The van der Waals surface area contributed by atoms with E-state index in [0.29, 0.717) is 16.9 Å². The van der Waals surface area contributed by atoms with Crippen LogP contribution < -0.4 is 11.1 Å². The number of rotatable bonds is 3. The van der Waals surface area contributed by atoms with Crippen molar-refractivity contribution in [1.82, 2.24) is 5.32 Å². The number of hydrogen-bond acceptors (Lipinski definition) is 2. The fourth-order valence-corrected chi connectivity index (χ4v) is 3.86. The van der Waals surface area contributed by atoms with E-state index in [0.717, 1.165) is 44.4 Å². The van der Waals surface area contributed by atoms with Crippen molar-refractivity contribution < 1.29 is 4.79 Å². The molecule has 0 bridgehead atoms. The summed E-state index contributed by atoms with van der Waals surface area (Å²) in [6, 6.07) is 0.311. The molecule has 0 saturated heterocycles. The lowest BCUT2D eigenvalue weighted by molar-refractivity contribution is -0.128. The van der Waals surface area contributed by atoms with Gasteiger partial charge in [-0.05, 0) is 43.9 Å². The van der Waals surface area contributed by atoms with Gasteiger partial charge in [-0.15, -0.1) is 0 Å². The number of hydrogen-bond donors (Lipinski definition) is 2. The minimum absolute atomic E-state index is 0.0873. The third-order valence-electron chi connectivity index (χ3n) is 5.30. The molecule has 0 heterocycles. The van der Waals surface area contributed by atoms with Crippen molar-refractivity contribution >= 4 is 23.1 Å². The summed E-state index contributed by atoms with van der Waals surface area (Å²) in [4.78, 5) is 13.0. The molecule has 1 amide bonds. The zero-order chi connectivity index (χ0) is 14.0. The molecule has 0 spiro atoms. The van der Waals surface area contributed by atoms with Crippen LogP contribution in [0.5, 0.6) is 0 Å². The molecule has 0 aromatic heterocycles. The second kappa shape index (κ2) is 5.78. The van der Waals surface area contributed by atoms with Crippen LogP contribution in [0.2, 0.25) is 0 Å². The quantitative estimate of drug-likeness (QED) is 0.783. The van der Waals surface area contributed by atoms with Crippen LogP contribution in [0.4, 0.5) is 0 Å². The van der Waals surface area contributed by atoms with Gasteiger partial charge in [0.25, 0.3) is 0 Å².